The van der Waals surface area contributed by atoms with Crippen molar-refractivity contribution in [2.45, 2.75) is 67.2 Å². The fourth-order valence-corrected chi connectivity index (χ4v) is 2.39. The smallest absolute Gasteiger partial charge is 0.330 e. The van der Waals surface area contributed by atoms with Crippen LogP contribution in [-0.2, 0) is 14.3 Å². The van der Waals surface area contributed by atoms with Crippen molar-refractivity contribution in [3.8, 4) is 0 Å². The summed E-state index contributed by atoms with van der Waals surface area (Å²) >= 11 is 0. The molecule has 0 aromatic rings. The van der Waals surface area contributed by atoms with Gasteiger partial charge in [0.15, 0.2) is 0 Å². The van der Waals surface area contributed by atoms with Crippen LogP contribution in [0.2, 0.25) is 0 Å². The van der Waals surface area contributed by atoms with Crippen molar-refractivity contribution >= 4 is 5.97 Å². The maximum Gasteiger partial charge on any atom is 0.330 e. The predicted molar refractivity (Wildman–Crippen MR) is 116 cm³/mol. The third kappa shape index (κ3) is 16.1. The molecule has 0 aliphatic carbocycles. The highest BCUT2D eigenvalue weighted by Gasteiger charge is 1.98. The number of esters is 1. The van der Waals surface area contributed by atoms with Crippen LogP contribution in [0.5, 0.6) is 0 Å². The maximum atomic E-state index is 11.4. The lowest BCUT2D eigenvalue weighted by Crippen LogP contribution is -1.99. The van der Waals surface area contributed by atoms with Gasteiger partial charge in [0.1, 0.15) is 0 Å². The van der Waals surface area contributed by atoms with Gasteiger partial charge in [0.2, 0.25) is 0 Å². The Labute approximate surface area is 166 Å². The Balaban J connectivity index is 4.68. The molecule has 3 heteroatoms. The van der Waals surface area contributed by atoms with E-state index >= 15 is 0 Å². The third-order valence-corrected chi connectivity index (χ3v) is 3.86. The topological polar surface area (TPSA) is 35.5 Å². The molecule has 0 heterocycles. The lowest BCUT2D eigenvalue weighted by atomic mass is 10.1. The van der Waals surface area contributed by atoms with Gasteiger partial charge in [-0.15, -0.1) is 0 Å². The van der Waals surface area contributed by atoms with E-state index in [4.69, 9.17) is 9.47 Å². The largest absolute Gasteiger partial charge is 0.463 e. The summed E-state index contributed by atoms with van der Waals surface area (Å²) < 4.78 is 10.5. The third-order valence-electron chi connectivity index (χ3n) is 3.86. The molecule has 0 fully saturated rings. The molecule has 0 rings (SSSR count). The minimum absolute atomic E-state index is 0.299. The van der Waals surface area contributed by atoms with Gasteiger partial charge < -0.3 is 9.47 Å². The van der Waals surface area contributed by atoms with Crippen LogP contribution in [-0.4, -0.2) is 25.8 Å². The van der Waals surface area contributed by atoms with E-state index in [1.165, 1.54) is 22.8 Å². The second kappa shape index (κ2) is 16.3. The molecule has 0 atom stereocenters. The van der Waals surface area contributed by atoms with Gasteiger partial charge in [0.25, 0.3) is 0 Å². The number of hydrogen-bond acceptors (Lipinski definition) is 3. The van der Waals surface area contributed by atoms with Crippen molar-refractivity contribution in [3.63, 3.8) is 0 Å². The normalized spacial score (nSPS) is 13.2. The van der Waals surface area contributed by atoms with Crippen molar-refractivity contribution in [2.75, 3.05) is 19.8 Å². The highest BCUT2D eigenvalue weighted by molar-refractivity contribution is 5.83. The Morgan fingerprint density at radius 3 is 2.26 bits per heavy atom. The van der Waals surface area contributed by atoms with E-state index in [1.54, 1.807) is 6.92 Å². The molecule has 27 heavy (non-hydrogen) atoms. The molecule has 0 aliphatic rings. The summed E-state index contributed by atoms with van der Waals surface area (Å²) in [7, 11) is 0. The number of rotatable bonds is 13. The standard InChI is InChI=1S/C24H38O3/c1-7-26-19-23(16-10-14-21(5)13-9-12-20(3)4)17-11-15-22(6)18-24(25)27-8-2/h11-12,14-15,17-18H,7-10,13,16,19H2,1-6H3. The molecule has 0 aromatic heterocycles. The SMILES string of the molecule is CCOCC(=CC=CC(C)=CC(=O)OCC)CCC=C(C)CCC=C(C)C. The van der Waals surface area contributed by atoms with E-state index in [2.05, 4.69) is 39.0 Å². The van der Waals surface area contributed by atoms with Gasteiger partial charge in [-0.3, -0.25) is 0 Å². The molecule has 152 valence electrons. The summed E-state index contributed by atoms with van der Waals surface area (Å²) in [6, 6.07) is 0. The quantitative estimate of drug-likeness (QED) is 0.160. The highest BCUT2D eigenvalue weighted by Crippen LogP contribution is 2.12. The maximum absolute atomic E-state index is 11.4. The monoisotopic (exact) mass is 374 g/mol. The number of allylic oxidation sites excluding steroid dienone is 8. The highest BCUT2D eigenvalue weighted by atomic mass is 16.5. The second-order valence-electron chi connectivity index (χ2n) is 6.87. The van der Waals surface area contributed by atoms with E-state index in [0.29, 0.717) is 19.8 Å². The zero-order valence-electron chi connectivity index (χ0n) is 18.1. The second-order valence-corrected chi connectivity index (χ2v) is 6.87. The summed E-state index contributed by atoms with van der Waals surface area (Å²) in [5, 5.41) is 0. The zero-order chi connectivity index (χ0) is 20.5. The van der Waals surface area contributed by atoms with Gasteiger partial charge in [-0.2, -0.15) is 0 Å². The average molecular weight is 375 g/mol. The van der Waals surface area contributed by atoms with Gasteiger partial charge in [0, 0.05) is 12.7 Å². The zero-order valence-corrected chi connectivity index (χ0v) is 18.1. The van der Waals surface area contributed by atoms with Gasteiger partial charge in [0.05, 0.1) is 13.2 Å². The molecule has 0 amide bonds. The minimum atomic E-state index is -0.299. The van der Waals surface area contributed by atoms with Gasteiger partial charge in [-0.1, -0.05) is 41.5 Å². The first-order valence-electron chi connectivity index (χ1n) is 9.96. The summed E-state index contributed by atoms with van der Waals surface area (Å²) in [5.74, 6) is -0.299. The van der Waals surface area contributed by atoms with Gasteiger partial charge in [-0.25, -0.2) is 4.79 Å². The molecule has 0 aromatic carbocycles. The molecule has 0 unspecified atom stereocenters. The van der Waals surface area contributed by atoms with Crippen molar-refractivity contribution in [3.05, 3.63) is 58.7 Å². The summed E-state index contributed by atoms with van der Waals surface area (Å²) in [5.41, 5.74) is 4.94. The minimum Gasteiger partial charge on any atom is -0.463 e. The van der Waals surface area contributed by atoms with Crippen LogP contribution in [0.25, 0.3) is 0 Å². The lowest BCUT2D eigenvalue weighted by Gasteiger charge is -2.06. The number of ether oxygens (including phenoxy) is 2. The van der Waals surface area contributed by atoms with Crippen LogP contribution in [0.15, 0.2) is 58.7 Å². The van der Waals surface area contributed by atoms with Gasteiger partial charge in [-0.05, 0) is 78.4 Å². The lowest BCUT2D eigenvalue weighted by molar-refractivity contribution is -0.137. The Morgan fingerprint density at radius 2 is 1.63 bits per heavy atom. The molecular formula is C24H38O3. The number of hydrogen-bond donors (Lipinski definition) is 0. The molecule has 0 aliphatic heterocycles. The molecule has 3 nitrogen and oxygen atoms in total. The summed E-state index contributed by atoms with van der Waals surface area (Å²) in [4.78, 5) is 11.4. The molecule has 0 saturated heterocycles. The first-order valence-corrected chi connectivity index (χ1v) is 9.96. The van der Waals surface area contributed by atoms with Crippen molar-refractivity contribution in [2.24, 2.45) is 0 Å². The van der Waals surface area contributed by atoms with Gasteiger partial charge >= 0.3 is 5.97 Å². The summed E-state index contributed by atoms with van der Waals surface area (Å²) in [6.07, 6.45) is 16.3. The van der Waals surface area contributed by atoms with Crippen LogP contribution < -0.4 is 0 Å². The predicted octanol–water partition coefficient (Wildman–Crippen LogP) is 6.49. The van der Waals surface area contributed by atoms with E-state index in [0.717, 1.165) is 31.3 Å². The fraction of sp³-hybridized carbons (Fsp3) is 0.542. The van der Waals surface area contributed by atoms with Crippen LogP contribution in [0, 0.1) is 0 Å². The summed E-state index contributed by atoms with van der Waals surface area (Å²) in [6.45, 7) is 13.9. The van der Waals surface area contributed by atoms with E-state index in [-0.39, 0.29) is 5.97 Å². The average Bonchev–Trinajstić information content (AvgIpc) is 2.58. The first-order chi connectivity index (χ1) is 12.9. The Hall–Kier alpha value is -1.87. The molecule has 0 bridgehead atoms. The number of carbonyl (C=O) groups is 1. The Bertz CT molecular complexity index is 570. The molecule has 0 spiro atoms. The van der Waals surface area contributed by atoms with E-state index in [9.17, 15) is 4.79 Å². The van der Waals surface area contributed by atoms with Crippen LogP contribution in [0.4, 0.5) is 0 Å². The molecule has 0 radical (unpaired) electrons. The van der Waals surface area contributed by atoms with Crippen molar-refractivity contribution < 1.29 is 14.3 Å². The van der Waals surface area contributed by atoms with Crippen LogP contribution in [0.3, 0.4) is 0 Å². The Morgan fingerprint density at radius 1 is 0.926 bits per heavy atom. The van der Waals surface area contributed by atoms with Crippen molar-refractivity contribution in [1.82, 2.24) is 0 Å². The molecule has 0 saturated carbocycles. The van der Waals surface area contributed by atoms with E-state index < -0.39 is 0 Å². The molecular weight excluding hydrogens is 336 g/mol. The van der Waals surface area contributed by atoms with Crippen molar-refractivity contribution in [1.29, 1.82) is 0 Å². The first kappa shape index (κ1) is 25.1. The Kier molecular flexibility index (Phi) is 15.2. The number of carbonyl (C=O) groups excluding carboxylic acids is 1. The molecule has 0 N–H and O–H groups in total. The fourth-order valence-electron chi connectivity index (χ4n) is 2.39. The van der Waals surface area contributed by atoms with Crippen LogP contribution in [0.1, 0.15) is 67.2 Å². The van der Waals surface area contributed by atoms with Crippen LogP contribution >= 0.6 is 0 Å². The van der Waals surface area contributed by atoms with E-state index in [1.807, 2.05) is 26.0 Å².